The largest absolute Gasteiger partial charge is 0.472 e. The van der Waals surface area contributed by atoms with E-state index in [9.17, 15) is 4.79 Å². The number of aromatic nitrogens is 1. The molecule has 2 amide bonds. The van der Waals surface area contributed by atoms with Gasteiger partial charge in [-0.2, -0.15) is 0 Å². The third kappa shape index (κ3) is 3.44. The van der Waals surface area contributed by atoms with Crippen LogP contribution in [0.1, 0.15) is 12.0 Å². The Labute approximate surface area is 124 Å². The zero-order chi connectivity index (χ0) is 14.7. The van der Waals surface area contributed by atoms with Crippen molar-refractivity contribution < 1.29 is 14.3 Å². The summed E-state index contributed by atoms with van der Waals surface area (Å²) in [6.07, 6.45) is 2.68. The summed E-state index contributed by atoms with van der Waals surface area (Å²) in [5, 5.41) is 0. The van der Waals surface area contributed by atoms with E-state index < -0.39 is 0 Å². The van der Waals surface area contributed by atoms with Gasteiger partial charge in [-0.1, -0.05) is 6.07 Å². The summed E-state index contributed by atoms with van der Waals surface area (Å²) in [7, 11) is 0. The number of nitrogens with zero attached hydrogens (tertiary/aromatic N) is 3. The molecule has 3 rings (SSSR count). The van der Waals surface area contributed by atoms with E-state index in [0.717, 1.165) is 18.5 Å². The summed E-state index contributed by atoms with van der Waals surface area (Å²) in [5.74, 6) is 0.631. The second-order valence-corrected chi connectivity index (χ2v) is 5.53. The Hall–Kier alpha value is -1.82. The van der Waals surface area contributed by atoms with Gasteiger partial charge in [-0.3, -0.25) is 0 Å². The molecule has 0 aromatic carbocycles. The highest BCUT2D eigenvalue weighted by atomic mass is 16.5. The van der Waals surface area contributed by atoms with Crippen molar-refractivity contribution in [2.24, 2.45) is 0 Å². The van der Waals surface area contributed by atoms with Crippen LogP contribution in [0.5, 0.6) is 5.88 Å². The number of carbonyl (C=O) groups excluding carboxylic acids is 1. The first-order valence-corrected chi connectivity index (χ1v) is 7.43. The number of ether oxygens (including phenoxy) is 2. The van der Waals surface area contributed by atoms with Crippen molar-refractivity contribution in [3.05, 3.63) is 23.9 Å². The van der Waals surface area contributed by atoms with Crippen molar-refractivity contribution in [1.29, 1.82) is 0 Å². The van der Waals surface area contributed by atoms with E-state index in [4.69, 9.17) is 9.47 Å². The van der Waals surface area contributed by atoms with E-state index in [-0.39, 0.29) is 12.1 Å². The number of aryl methyl sites for hydroxylation is 1. The highest BCUT2D eigenvalue weighted by Crippen LogP contribution is 2.18. The Morgan fingerprint density at radius 1 is 1.29 bits per heavy atom. The van der Waals surface area contributed by atoms with Crippen molar-refractivity contribution >= 4 is 6.03 Å². The minimum absolute atomic E-state index is 0.0326. The molecule has 2 fully saturated rings. The molecule has 21 heavy (non-hydrogen) atoms. The van der Waals surface area contributed by atoms with Gasteiger partial charge in [0.05, 0.1) is 19.8 Å². The van der Waals surface area contributed by atoms with Crippen LogP contribution in [0.4, 0.5) is 4.79 Å². The van der Waals surface area contributed by atoms with E-state index in [0.29, 0.717) is 38.7 Å². The second-order valence-electron chi connectivity index (χ2n) is 5.53. The lowest BCUT2D eigenvalue weighted by Gasteiger charge is -2.30. The molecule has 1 unspecified atom stereocenters. The van der Waals surface area contributed by atoms with E-state index in [1.165, 1.54) is 0 Å². The third-order valence-electron chi connectivity index (χ3n) is 3.87. The first-order chi connectivity index (χ1) is 10.2. The third-order valence-corrected chi connectivity index (χ3v) is 3.87. The predicted molar refractivity (Wildman–Crippen MR) is 77.4 cm³/mol. The minimum atomic E-state index is 0.0326. The molecule has 6 heteroatoms. The molecule has 2 saturated heterocycles. The second kappa shape index (κ2) is 6.30. The molecule has 2 aliphatic rings. The van der Waals surface area contributed by atoms with Crippen LogP contribution < -0.4 is 4.74 Å². The number of likely N-dealkylation sites (tertiary alicyclic amines) is 1. The van der Waals surface area contributed by atoms with Crippen molar-refractivity contribution in [3.63, 3.8) is 0 Å². The van der Waals surface area contributed by atoms with Crippen molar-refractivity contribution in [3.8, 4) is 5.88 Å². The summed E-state index contributed by atoms with van der Waals surface area (Å²) in [6, 6.07) is 3.96. The van der Waals surface area contributed by atoms with Crippen molar-refractivity contribution in [2.75, 3.05) is 39.4 Å². The number of urea groups is 1. The Balaban J connectivity index is 1.52. The molecule has 6 nitrogen and oxygen atoms in total. The molecule has 0 saturated carbocycles. The van der Waals surface area contributed by atoms with Gasteiger partial charge in [0, 0.05) is 38.3 Å². The monoisotopic (exact) mass is 291 g/mol. The lowest BCUT2D eigenvalue weighted by atomic mass is 10.3. The highest BCUT2D eigenvalue weighted by Gasteiger charge is 2.31. The molecular formula is C15H21N3O3. The molecule has 2 aliphatic heterocycles. The van der Waals surface area contributed by atoms with Gasteiger partial charge in [-0.25, -0.2) is 9.78 Å². The molecule has 1 aromatic rings. The van der Waals surface area contributed by atoms with Crippen LogP contribution in [-0.4, -0.2) is 66.3 Å². The first kappa shape index (κ1) is 14.1. The molecule has 114 valence electrons. The molecule has 3 heterocycles. The number of amides is 2. The van der Waals surface area contributed by atoms with Crippen LogP contribution in [0.15, 0.2) is 18.3 Å². The predicted octanol–water partition coefficient (Wildman–Crippen LogP) is 1.30. The molecule has 0 radical (unpaired) electrons. The smallest absolute Gasteiger partial charge is 0.320 e. The number of carbonyl (C=O) groups is 1. The molecule has 0 bridgehead atoms. The first-order valence-electron chi connectivity index (χ1n) is 7.43. The maximum absolute atomic E-state index is 12.4. The van der Waals surface area contributed by atoms with Crippen molar-refractivity contribution in [2.45, 2.75) is 19.4 Å². The van der Waals surface area contributed by atoms with Crippen LogP contribution >= 0.6 is 0 Å². The van der Waals surface area contributed by atoms with Gasteiger partial charge < -0.3 is 19.3 Å². The van der Waals surface area contributed by atoms with E-state index in [1.54, 1.807) is 6.20 Å². The van der Waals surface area contributed by atoms with E-state index in [1.807, 2.05) is 28.9 Å². The maximum atomic E-state index is 12.4. The average molecular weight is 291 g/mol. The van der Waals surface area contributed by atoms with Gasteiger partial charge in [-0.15, -0.1) is 0 Å². The fraction of sp³-hybridized carbons (Fsp3) is 0.600. The molecule has 0 N–H and O–H groups in total. The minimum Gasteiger partial charge on any atom is -0.472 e. The van der Waals surface area contributed by atoms with Crippen LogP contribution in [0.3, 0.4) is 0 Å². The number of hydrogen-bond acceptors (Lipinski definition) is 4. The molecule has 1 aromatic heterocycles. The number of morpholine rings is 1. The van der Waals surface area contributed by atoms with Crippen LogP contribution in [0, 0.1) is 6.92 Å². The number of pyridine rings is 1. The summed E-state index contributed by atoms with van der Waals surface area (Å²) >= 11 is 0. The fourth-order valence-electron chi connectivity index (χ4n) is 2.65. The zero-order valence-electron chi connectivity index (χ0n) is 12.3. The Bertz CT molecular complexity index is 485. The molecule has 0 aliphatic carbocycles. The topological polar surface area (TPSA) is 54.9 Å². The fourth-order valence-corrected chi connectivity index (χ4v) is 2.65. The standard InChI is InChI=1S/C15H21N3O3/c1-12-2-3-14(16-10-12)21-13-4-5-18(11-13)15(19)17-6-8-20-9-7-17/h2-3,10,13H,4-9,11H2,1H3. The van der Waals surface area contributed by atoms with Gasteiger partial charge in [-0.05, 0) is 12.5 Å². The maximum Gasteiger partial charge on any atom is 0.320 e. The number of rotatable bonds is 2. The van der Waals surface area contributed by atoms with Gasteiger partial charge in [0.2, 0.25) is 5.88 Å². The SMILES string of the molecule is Cc1ccc(OC2CCN(C(=O)N3CCOCC3)C2)nc1. The van der Waals surface area contributed by atoms with Crippen LogP contribution in [0.2, 0.25) is 0 Å². The Morgan fingerprint density at radius 2 is 2.10 bits per heavy atom. The summed E-state index contributed by atoms with van der Waals surface area (Å²) < 4.78 is 11.1. The summed E-state index contributed by atoms with van der Waals surface area (Å²) in [6.45, 7) is 5.99. The van der Waals surface area contributed by atoms with Gasteiger partial charge in [0.1, 0.15) is 6.10 Å². The molecule has 1 atom stereocenters. The van der Waals surface area contributed by atoms with E-state index in [2.05, 4.69) is 4.98 Å². The lowest BCUT2D eigenvalue weighted by molar-refractivity contribution is 0.0443. The average Bonchev–Trinajstić information content (AvgIpc) is 2.98. The lowest BCUT2D eigenvalue weighted by Crippen LogP contribution is -2.47. The quantitative estimate of drug-likeness (QED) is 0.824. The van der Waals surface area contributed by atoms with Crippen LogP contribution in [0.25, 0.3) is 0 Å². The van der Waals surface area contributed by atoms with E-state index >= 15 is 0 Å². The zero-order valence-corrected chi connectivity index (χ0v) is 12.3. The summed E-state index contributed by atoms with van der Waals surface area (Å²) in [4.78, 5) is 20.3. The highest BCUT2D eigenvalue weighted by molar-refractivity contribution is 5.74. The Morgan fingerprint density at radius 3 is 2.81 bits per heavy atom. The van der Waals surface area contributed by atoms with Gasteiger partial charge in [0.25, 0.3) is 0 Å². The summed E-state index contributed by atoms with van der Waals surface area (Å²) in [5.41, 5.74) is 1.11. The van der Waals surface area contributed by atoms with Crippen LogP contribution in [-0.2, 0) is 4.74 Å². The van der Waals surface area contributed by atoms with Gasteiger partial charge >= 0.3 is 6.03 Å². The van der Waals surface area contributed by atoms with Crippen molar-refractivity contribution in [1.82, 2.24) is 14.8 Å². The Kier molecular flexibility index (Phi) is 4.24. The molecular weight excluding hydrogens is 270 g/mol. The molecule has 0 spiro atoms. The normalized spacial score (nSPS) is 22.4. The van der Waals surface area contributed by atoms with Gasteiger partial charge in [0.15, 0.2) is 0 Å². The number of hydrogen-bond donors (Lipinski definition) is 0.